The molecule has 0 radical (unpaired) electrons. The van der Waals surface area contributed by atoms with Crippen LogP contribution in [-0.4, -0.2) is 62.0 Å². The summed E-state index contributed by atoms with van der Waals surface area (Å²) in [5.74, 6) is 0.867. The Morgan fingerprint density at radius 1 is 1.56 bits per heavy atom. The fourth-order valence-corrected chi connectivity index (χ4v) is 3.06. The number of aliphatic imine (C=N–C) groups is 1. The third kappa shape index (κ3) is 7.72. The number of nitrogens with one attached hydrogen (secondary N) is 1. The van der Waals surface area contributed by atoms with E-state index in [2.05, 4.69) is 15.2 Å². The second kappa shape index (κ2) is 12.0. The quantitative estimate of drug-likeness (QED) is 0.267. The number of ether oxygens (including phenoxy) is 2. The maximum atomic E-state index is 6.03. The predicted molar refractivity (Wildman–Crippen MR) is 113 cm³/mol. The summed E-state index contributed by atoms with van der Waals surface area (Å²) in [6.07, 6.45) is 5.43. The van der Waals surface area contributed by atoms with Gasteiger partial charge in [-0.2, -0.15) is 0 Å². The molecule has 1 aromatic rings. The van der Waals surface area contributed by atoms with Gasteiger partial charge in [0.25, 0.3) is 0 Å². The molecule has 6 nitrogen and oxygen atoms in total. The molecule has 25 heavy (non-hydrogen) atoms. The summed E-state index contributed by atoms with van der Waals surface area (Å²) in [4.78, 5) is 6.41. The van der Waals surface area contributed by atoms with E-state index >= 15 is 0 Å². The Morgan fingerprint density at radius 2 is 2.36 bits per heavy atom. The Hall–Kier alpha value is -0.510. The maximum absolute atomic E-state index is 6.03. The van der Waals surface area contributed by atoms with Crippen molar-refractivity contribution in [3.8, 4) is 0 Å². The average molecular weight is 485 g/mol. The van der Waals surface area contributed by atoms with E-state index in [1.54, 1.807) is 7.05 Å². The van der Waals surface area contributed by atoms with Crippen LogP contribution in [0.4, 0.5) is 0 Å². The van der Waals surface area contributed by atoms with Gasteiger partial charge in [0.1, 0.15) is 0 Å². The molecular weight excluding hydrogens is 455 g/mol. The Labute approximate surface area is 172 Å². The van der Waals surface area contributed by atoms with Crippen molar-refractivity contribution in [1.29, 1.82) is 0 Å². The number of guanidine groups is 1. The van der Waals surface area contributed by atoms with Crippen LogP contribution in [-0.2, 0) is 23.1 Å². The number of aromatic nitrogens is 1. The van der Waals surface area contributed by atoms with E-state index in [1.807, 2.05) is 30.9 Å². The SMILES string of the molecule is CN=C(NCCCOCC1CCCO1)N(C)Cc1cc(Cl)cn1C.I. The van der Waals surface area contributed by atoms with Crippen LogP contribution in [0.3, 0.4) is 0 Å². The zero-order valence-corrected chi connectivity index (χ0v) is 18.4. The summed E-state index contributed by atoms with van der Waals surface area (Å²) in [6, 6.07) is 1.98. The van der Waals surface area contributed by atoms with E-state index in [1.165, 1.54) is 0 Å². The monoisotopic (exact) mass is 484 g/mol. The van der Waals surface area contributed by atoms with Crippen molar-refractivity contribution < 1.29 is 9.47 Å². The van der Waals surface area contributed by atoms with Gasteiger partial charge >= 0.3 is 0 Å². The van der Waals surface area contributed by atoms with Gasteiger partial charge < -0.3 is 24.3 Å². The normalized spacial score (nSPS) is 17.4. The van der Waals surface area contributed by atoms with E-state index in [9.17, 15) is 0 Å². The van der Waals surface area contributed by atoms with E-state index in [0.29, 0.717) is 12.7 Å². The second-order valence-corrected chi connectivity index (χ2v) is 6.59. The number of aryl methyl sites for hydroxylation is 1. The highest BCUT2D eigenvalue weighted by Gasteiger charge is 2.15. The molecule has 1 aliphatic rings. The van der Waals surface area contributed by atoms with Crippen LogP contribution in [0.1, 0.15) is 25.0 Å². The molecule has 1 aliphatic heterocycles. The molecule has 0 spiro atoms. The van der Waals surface area contributed by atoms with Crippen molar-refractivity contribution in [3.63, 3.8) is 0 Å². The van der Waals surface area contributed by atoms with Crippen molar-refractivity contribution in [2.45, 2.75) is 31.9 Å². The summed E-state index contributed by atoms with van der Waals surface area (Å²) in [7, 11) is 5.81. The zero-order valence-electron chi connectivity index (χ0n) is 15.3. The standard InChI is InChI=1S/C17H29ClN4O2.HI/c1-19-17(22(3)12-15-10-14(18)11-21(15)2)20-7-5-8-23-13-16-6-4-9-24-16;/h10-11,16H,4-9,12-13H2,1-3H3,(H,19,20);1H. The lowest BCUT2D eigenvalue weighted by atomic mass is 10.2. The van der Waals surface area contributed by atoms with Crippen molar-refractivity contribution in [2.24, 2.45) is 12.0 Å². The molecule has 1 atom stereocenters. The van der Waals surface area contributed by atoms with E-state index in [-0.39, 0.29) is 24.0 Å². The molecule has 8 heteroatoms. The van der Waals surface area contributed by atoms with Crippen molar-refractivity contribution in [1.82, 2.24) is 14.8 Å². The molecule has 1 saturated heterocycles. The van der Waals surface area contributed by atoms with Crippen LogP contribution >= 0.6 is 35.6 Å². The minimum Gasteiger partial charge on any atom is -0.379 e. The smallest absolute Gasteiger partial charge is 0.193 e. The third-order valence-corrected chi connectivity index (χ3v) is 4.33. The van der Waals surface area contributed by atoms with Crippen LogP contribution in [0.2, 0.25) is 5.02 Å². The molecule has 2 heterocycles. The molecular formula is C17H30ClIN4O2. The number of rotatable bonds is 8. The van der Waals surface area contributed by atoms with Gasteiger partial charge in [-0.05, 0) is 25.3 Å². The Balaban J connectivity index is 0.00000312. The van der Waals surface area contributed by atoms with Gasteiger partial charge in [-0.3, -0.25) is 4.99 Å². The van der Waals surface area contributed by atoms with Crippen LogP contribution in [0.5, 0.6) is 0 Å². The molecule has 1 N–H and O–H groups in total. The van der Waals surface area contributed by atoms with Crippen molar-refractivity contribution in [3.05, 3.63) is 23.0 Å². The van der Waals surface area contributed by atoms with Gasteiger partial charge in [-0.15, -0.1) is 24.0 Å². The first kappa shape index (κ1) is 22.5. The van der Waals surface area contributed by atoms with Crippen molar-refractivity contribution >= 4 is 41.5 Å². The molecule has 144 valence electrons. The largest absolute Gasteiger partial charge is 0.379 e. The average Bonchev–Trinajstić information content (AvgIpc) is 3.16. The lowest BCUT2D eigenvalue weighted by Gasteiger charge is -2.22. The van der Waals surface area contributed by atoms with Crippen LogP contribution < -0.4 is 5.32 Å². The molecule has 2 rings (SSSR count). The summed E-state index contributed by atoms with van der Waals surface area (Å²) in [6.45, 7) is 3.91. The van der Waals surface area contributed by atoms with Gasteiger partial charge in [0.2, 0.25) is 0 Å². The lowest BCUT2D eigenvalue weighted by molar-refractivity contribution is 0.0168. The van der Waals surface area contributed by atoms with E-state index < -0.39 is 0 Å². The van der Waals surface area contributed by atoms with Crippen LogP contribution in [0, 0.1) is 0 Å². The minimum atomic E-state index is 0. The topological polar surface area (TPSA) is 51.0 Å². The van der Waals surface area contributed by atoms with Crippen LogP contribution in [0.25, 0.3) is 0 Å². The molecule has 0 bridgehead atoms. The first-order valence-electron chi connectivity index (χ1n) is 8.52. The molecule has 0 aliphatic carbocycles. The highest BCUT2D eigenvalue weighted by atomic mass is 127. The van der Waals surface area contributed by atoms with Crippen LogP contribution in [0.15, 0.2) is 17.3 Å². The van der Waals surface area contributed by atoms with Gasteiger partial charge in [-0.1, -0.05) is 11.6 Å². The number of hydrogen-bond donors (Lipinski definition) is 1. The van der Waals surface area contributed by atoms with E-state index in [0.717, 1.165) is 62.2 Å². The van der Waals surface area contributed by atoms with Gasteiger partial charge in [0, 0.05) is 52.8 Å². The fourth-order valence-electron chi connectivity index (χ4n) is 2.79. The number of nitrogens with zero attached hydrogens (tertiary/aromatic N) is 3. The van der Waals surface area contributed by atoms with Gasteiger partial charge in [0.05, 0.1) is 24.3 Å². The Bertz CT molecular complexity index is 533. The van der Waals surface area contributed by atoms with E-state index in [4.69, 9.17) is 21.1 Å². The molecule has 0 saturated carbocycles. The summed E-state index contributed by atoms with van der Waals surface area (Å²) in [5, 5.41) is 4.12. The van der Waals surface area contributed by atoms with Gasteiger partial charge in [-0.25, -0.2) is 0 Å². The van der Waals surface area contributed by atoms with Gasteiger partial charge in [0.15, 0.2) is 5.96 Å². The maximum Gasteiger partial charge on any atom is 0.193 e. The number of halogens is 2. The molecule has 0 amide bonds. The summed E-state index contributed by atoms with van der Waals surface area (Å²) in [5.41, 5.74) is 1.14. The summed E-state index contributed by atoms with van der Waals surface area (Å²) >= 11 is 6.03. The molecule has 1 fully saturated rings. The molecule has 0 aromatic carbocycles. The van der Waals surface area contributed by atoms with Crippen molar-refractivity contribution in [2.75, 3.05) is 40.5 Å². The Kier molecular flexibility index (Phi) is 10.8. The number of hydrogen-bond acceptors (Lipinski definition) is 3. The first-order chi connectivity index (χ1) is 11.6. The second-order valence-electron chi connectivity index (χ2n) is 6.15. The summed E-state index contributed by atoms with van der Waals surface area (Å²) < 4.78 is 13.2. The minimum absolute atomic E-state index is 0. The zero-order chi connectivity index (χ0) is 17.4. The third-order valence-electron chi connectivity index (χ3n) is 4.12. The predicted octanol–water partition coefficient (Wildman–Crippen LogP) is 2.89. The first-order valence-corrected chi connectivity index (χ1v) is 8.90. The fraction of sp³-hybridized carbons (Fsp3) is 0.706. The Morgan fingerprint density at radius 3 is 2.96 bits per heavy atom. The molecule has 1 unspecified atom stereocenters. The lowest BCUT2D eigenvalue weighted by Crippen LogP contribution is -2.39. The highest BCUT2D eigenvalue weighted by Crippen LogP contribution is 2.14. The highest BCUT2D eigenvalue weighted by molar-refractivity contribution is 14.0. The molecule has 1 aromatic heterocycles.